The number of hydrogen-bond donors (Lipinski definition) is 2. The van der Waals surface area contributed by atoms with E-state index in [9.17, 15) is 0 Å². The highest BCUT2D eigenvalue weighted by molar-refractivity contribution is 5.80. The van der Waals surface area contributed by atoms with Gasteiger partial charge in [-0.3, -0.25) is 4.99 Å². The quantitative estimate of drug-likeness (QED) is 0.621. The average Bonchev–Trinajstić information content (AvgIpc) is 3.45. The fourth-order valence-electron chi connectivity index (χ4n) is 3.22. The van der Waals surface area contributed by atoms with Gasteiger partial charge in [-0.05, 0) is 50.3 Å². The number of rotatable bonds is 6. The molecule has 1 saturated heterocycles. The van der Waals surface area contributed by atoms with Crippen molar-refractivity contribution in [2.45, 2.75) is 44.1 Å². The van der Waals surface area contributed by atoms with Crippen molar-refractivity contribution in [3.8, 4) is 5.75 Å². The van der Waals surface area contributed by atoms with Crippen molar-refractivity contribution in [3.05, 3.63) is 29.8 Å². The van der Waals surface area contributed by atoms with Crippen LogP contribution in [0.4, 0.5) is 0 Å². The van der Waals surface area contributed by atoms with E-state index in [1.165, 1.54) is 18.4 Å². The molecule has 5 nitrogen and oxygen atoms in total. The highest BCUT2D eigenvalue weighted by Crippen LogP contribution is 2.36. The maximum atomic E-state index is 5.62. The fraction of sp³-hybridized carbons (Fsp3) is 0.632. The smallest absolute Gasteiger partial charge is 0.191 e. The molecule has 0 atom stereocenters. The van der Waals surface area contributed by atoms with Crippen LogP contribution >= 0.6 is 0 Å². The molecule has 1 aromatic rings. The molecule has 2 fully saturated rings. The molecule has 1 aliphatic carbocycles. The normalized spacial score (nSPS) is 20.5. The van der Waals surface area contributed by atoms with E-state index in [-0.39, 0.29) is 5.41 Å². The first kappa shape index (κ1) is 17.1. The first-order chi connectivity index (χ1) is 11.8. The Kier molecular flexibility index (Phi) is 5.61. The average molecular weight is 331 g/mol. The number of nitrogens with one attached hydrogen (secondary N) is 2. The van der Waals surface area contributed by atoms with Gasteiger partial charge in [0.05, 0.1) is 13.7 Å². The first-order valence-electron chi connectivity index (χ1n) is 9.03. The molecule has 2 N–H and O–H groups in total. The summed E-state index contributed by atoms with van der Waals surface area (Å²) in [5.74, 6) is 1.84. The second-order valence-corrected chi connectivity index (χ2v) is 6.73. The number of hydrogen-bond acceptors (Lipinski definition) is 3. The minimum atomic E-state index is 0.0520. The summed E-state index contributed by atoms with van der Waals surface area (Å²) in [6.07, 6.45) is 4.51. The molecule has 24 heavy (non-hydrogen) atoms. The molecule has 0 aromatic heterocycles. The van der Waals surface area contributed by atoms with E-state index in [0.717, 1.165) is 50.9 Å². The van der Waals surface area contributed by atoms with Crippen molar-refractivity contribution in [2.75, 3.05) is 33.4 Å². The van der Waals surface area contributed by atoms with E-state index in [0.29, 0.717) is 6.04 Å². The van der Waals surface area contributed by atoms with Crippen LogP contribution in [0.15, 0.2) is 29.3 Å². The second kappa shape index (κ2) is 7.88. The topological polar surface area (TPSA) is 54.9 Å². The first-order valence-corrected chi connectivity index (χ1v) is 9.03. The molecule has 5 heteroatoms. The molecule has 0 bridgehead atoms. The number of aliphatic imine (C=N–C) groups is 1. The summed E-state index contributed by atoms with van der Waals surface area (Å²) in [5, 5.41) is 6.87. The standard InChI is InChI=1S/C19H29N3O2/c1-3-20-18(22-16-6-7-16)21-14-19(10-12-24-13-11-19)15-4-8-17(23-2)9-5-15/h4-5,8-9,16H,3,6-7,10-14H2,1-2H3,(H2,20,21,22). The maximum Gasteiger partial charge on any atom is 0.191 e. The number of guanidine groups is 1. The Morgan fingerprint density at radius 3 is 2.54 bits per heavy atom. The number of ether oxygens (including phenoxy) is 2. The van der Waals surface area contributed by atoms with Crippen molar-refractivity contribution in [3.63, 3.8) is 0 Å². The molecule has 3 rings (SSSR count). The Balaban J connectivity index is 1.78. The molecule has 0 unspecified atom stereocenters. The number of benzene rings is 1. The van der Waals surface area contributed by atoms with Crippen molar-refractivity contribution in [1.29, 1.82) is 0 Å². The van der Waals surface area contributed by atoms with Gasteiger partial charge in [0.2, 0.25) is 0 Å². The van der Waals surface area contributed by atoms with Gasteiger partial charge in [-0.15, -0.1) is 0 Å². The predicted octanol–water partition coefficient (Wildman–Crippen LogP) is 2.46. The maximum absolute atomic E-state index is 5.62. The van der Waals surface area contributed by atoms with Crippen molar-refractivity contribution in [1.82, 2.24) is 10.6 Å². The third-order valence-electron chi connectivity index (χ3n) is 4.95. The van der Waals surface area contributed by atoms with Crippen LogP contribution in [0.2, 0.25) is 0 Å². The lowest BCUT2D eigenvalue weighted by Crippen LogP contribution is -2.42. The summed E-state index contributed by atoms with van der Waals surface area (Å²) in [6, 6.07) is 9.06. The minimum absolute atomic E-state index is 0.0520. The molecule has 1 aromatic carbocycles. The van der Waals surface area contributed by atoms with Crippen LogP contribution in [0.25, 0.3) is 0 Å². The Hall–Kier alpha value is -1.75. The van der Waals surface area contributed by atoms with Crippen LogP contribution in [0, 0.1) is 0 Å². The zero-order valence-corrected chi connectivity index (χ0v) is 14.8. The van der Waals surface area contributed by atoms with Crippen molar-refractivity contribution < 1.29 is 9.47 Å². The molecule has 132 valence electrons. The molecule has 0 amide bonds. The minimum Gasteiger partial charge on any atom is -0.497 e. The Labute approximate surface area is 144 Å². The summed E-state index contributed by atoms with van der Waals surface area (Å²) in [5.41, 5.74) is 1.38. The van der Waals surface area contributed by atoms with Gasteiger partial charge in [-0.25, -0.2) is 0 Å². The van der Waals surface area contributed by atoms with Gasteiger partial charge in [-0.2, -0.15) is 0 Å². The van der Waals surface area contributed by atoms with Gasteiger partial charge < -0.3 is 20.1 Å². The molecule has 1 aliphatic heterocycles. The lowest BCUT2D eigenvalue weighted by molar-refractivity contribution is 0.0531. The van der Waals surface area contributed by atoms with E-state index < -0.39 is 0 Å². The summed E-state index contributed by atoms with van der Waals surface area (Å²) in [6.45, 7) is 5.38. The highest BCUT2D eigenvalue weighted by atomic mass is 16.5. The van der Waals surface area contributed by atoms with Crippen molar-refractivity contribution >= 4 is 5.96 Å². The van der Waals surface area contributed by atoms with Crippen molar-refractivity contribution in [2.24, 2.45) is 4.99 Å². The van der Waals surface area contributed by atoms with Crippen LogP contribution in [0.5, 0.6) is 5.75 Å². The summed E-state index contributed by atoms with van der Waals surface area (Å²) >= 11 is 0. The van der Waals surface area contributed by atoms with E-state index in [4.69, 9.17) is 14.5 Å². The molecular weight excluding hydrogens is 302 g/mol. The lowest BCUT2D eigenvalue weighted by Gasteiger charge is -2.36. The summed E-state index contributed by atoms with van der Waals surface area (Å²) < 4.78 is 10.9. The molecule has 2 aliphatic rings. The Morgan fingerprint density at radius 2 is 1.96 bits per heavy atom. The van der Waals surface area contributed by atoms with E-state index in [1.54, 1.807) is 7.11 Å². The van der Waals surface area contributed by atoms with Crippen LogP contribution < -0.4 is 15.4 Å². The zero-order valence-electron chi connectivity index (χ0n) is 14.8. The van der Waals surface area contributed by atoms with Crippen LogP contribution in [0.3, 0.4) is 0 Å². The van der Waals surface area contributed by atoms with E-state index >= 15 is 0 Å². The van der Waals surface area contributed by atoms with E-state index in [2.05, 4.69) is 29.7 Å². The van der Waals surface area contributed by atoms with E-state index in [1.807, 2.05) is 12.1 Å². The van der Waals surface area contributed by atoms with Gasteiger partial charge in [0.15, 0.2) is 5.96 Å². The second-order valence-electron chi connectivity index (χ2n) is 6.73. The number of methoxy groups -OCH3 is 1. The van der Waals surface area contributed by atoms with Gasteiger partial charge >= 0.3 is 0 Å². The largest absolute Gasteiger partial charge is 0.497 e. The van der Waals surface area contributed by atoms with Gasteiger partial charge in [0, 0.05) is 31.2 Å². The third-order valence-corrected chi connectivity index (χ3v) is 4.95. The molecule has 1 saturated carbocycles. The fourth-order valence-corrected chi connectivity index (χ4v) is 3.22. The van der Waals surface area contributed by atoms with Gasteiger partial charge in [-0.1, -0.05) is 12.1 Å². The zero-order chi connectivity index (χ0) is 16.8. The molecule has 1 heterocycles. The van der Waals surface area contributed by atoms with Gasteiger partial charge in [0.1, 0.15) is 5.75 Å². The van der Waals surface area contributed by atoms with Crippen LogP contribution in [-0.2, 0) is 10.2 Å². The lowest BCUT2D eigenvalue weighted by atomic mass is 9.74. The Bertz CT molecular complexity index is 546. The molecule has 0 radical (unpaired) electrons. The molecular formula is C19H29N3O2. The highest BCUT2D eigenvalue weighted by Gasteiger charge is 2.34. The van der Waals surface area contributed by atoms with Gasteiger partial charge in [0.25, 0.3) is 0 Å². The Morgan fingerprint density at radius 1 is 1.25 bits per heavy atom. The predicted molar refractivity (Wildman–Crippen MR) is 96.9 cm³/mol. The molecule has 0 spiro atoms. The summed E-state index contributed by atoms with van der Waals surface area (Å²) in [4.78, 5) is 4.92. The summed E-state index contributed by atoms with van der Waals surface area (Å²) in [7, 11) is 1.70. The van der Waals surface area contributed by atoms with Crippen LogP contribution in [0.1, 0.15) is 38.2 Å². The number of nitrogens with zero attached hydrogens (tertiary/aromatic N) is 1. The van der Waals surface area contributed by atoms with Crippen LogP contribution in [-0.4, -0.2) is 45.4 Å². The SMILES string of the molecule is CCNC(=NCC1(c2ccc(OC)cc2)CCOCC1)NC1CC1. The third kappa shape index (κ3) is 4.20. The monoisotopic (exact) mass is 331 g/mol.